The Morgan fingerprint density at radius 2 is 1.93 bits per heavy atom. The van der Waals surface area contributed by atoms with E-state index in [1.165, 1.54) is 0 Å². The van der Waals surface area contributed by atoms with Gasteiger partial charge >= 0.3 is 6.55 Å². The molecule has 0 radical (unpaired) electrons. The molecule has 148 valence electrons. The van der Waals surface area contributed by atoms with Crippen LogP contribution < -0.4 is 5.32 Å². The van der Waals surface area contributed by atoms with Crippen LogP contribution in [0.4, 0.5) is 14.5 Å². The number of carbonyl (C=O) groups excluding carboxylic acids is 1. The van der Waals surface area contributed by atoms with Crippen molar-refractivity contribution in [3.8, 4) is 0 Å². The SMILES string of the molecule is CC(c1nc2ccccc2n1C(F)F)N(C)CC(=O)Nc1ccc(Cl)c(Cl)c1. The molecule has 1 unspecified atom stereocenters. The van der Waals surface area contributed by atoms with E-state index in [0.717, 1.165) is 4.57 Å². The highest BCUT2D eigenvalue weighted by Gasteiger charge is 2.25. The normalized spacial score (nSPS) is 12.7. The van der Waals surface area contributed by atoms with Crippen molar-refractivity contribution < 1.29 is 13.6 Å². The predicted molar refractivity (Wildman–Crippen MR) is 107 cm³/mol. The summed E-state index contributed by atoms with van der Waals surface area (Å²) in [5.74, 6) is -0.117. The lowest BCUT2D eigenvalue weighted by Gasteiger charge is -2.24. The van der Waals surface area contributed by atoms with Crippen molar-refractivity contribution >= 4 is 45.8 Å². The maximum atomic E-state index is 13.6. The second-order valence-electron chi connectivity index (χ2n) is 6.37. The number of para-hydroxylation sites is 2. The molecule has 2 aromatic carbocycles. The van der Waals surface area contributed by atoms with Crippen molar-refractivity contribution in [2.75, 3.05) is 18.9 Å². The first-order valence-electron chi connectivity index (χ1n) is 8.48. The lowest BCUT2D eigenvalue weighted by Crippen LogP contribution is -2.33. The summed E-state index contributed by atoms with van der Waals surface area (Å²) in [5, 5.41) is 3.42. The average molecular weight is 427 g/mol. The van der Waals surface area contributed by atoms with Crippen LogP contribution in [-0.4, -0.2) is 34.0 Å². The number of rotatable bonds is 6. The van der Waals surface area contributed by atoms with Crippen LogP contribution in [0.3, 0.4) is 0 Å². The first kappa shape index (κ1) is 20.5. The van der Waals surface area contributed by atoms with Crippen molar-refractivity contribution in [1.29, 1.82) is 0 Å². The van der Waals surface area contributed by atoms with Gasteiger partial charge in [-0.1, -0.05) is 35.3 Å². The molecule has 5 nitrogen and oxygen atoms in total. The molecule has 28 heavy (non-hydrogen) atoms. The van der Waals surface area contributed by atoms with Crippen LogP contribution >= 0.6 is 23.2 Å². The molecular formula is C19H18Cl2F2N4O. The van der Waals surface area contributed by atoms with E-state index in [1.807, 2.05) is 0 Å². The molecule has 0 spiro atoms. The van der Waals surface area contributed by atoms with Gasteiger partial charge in [0.25, 0.3) is 0 Å². The number of alkyl halides is 2. The molecule has 1 heterocycles. The molecule has 0 saturated carbocycles. The maximum absolute atomic E-state index is 13.6. The number of imidazole rings is 1. The number of hydrogen-bond donors (Lipinski definition) is 1. The lowest BCUT2D eigenvalue weighted by molar-refractivity contribution is -0.117. The minimum Gasteiger partial charge on any atom is -0.325 e. The summed E-state index contributed by atoms with van der Waals surface area (Å²) in [6, 6.07) is 11.0. The zero-order chi connectivity index (χ0) is 20.4. The van der Waals surface area contributed by atoms with Gasteiger partial charge in [-0.05, 0) is 44.3 Å². The van der Waals surface area contributed by atoms with E-state index >= 15 is 0 Å². The Balaban J connectivity index is 1.76. The Morgan fingerprint density at radius 3 is 2.61 bits per heavy atom. The number of carbonyl (C=O) groups is 1. The van der Waals surface area contributed by atoms with E-state index in [2.05, 4.69) is 10.3 Å². The Morgan fingerprint density at radius 1 is 1.21 bits per heavy atom. The molecule has 1 aromatic heterocycles. The van der Waals surface area contributed by atoms with Crippen molar-refractivity contribution in [1.82, 2.24) is 14.5 Å². The van der Waals surface area contributed by atoms with Crippen LogP contribution in [0.5, 0.6) is 0 Å². The monoisotopic (exact) mass is 426 g/mol. The largest absolute Gasteiger partial charge is 0.325 e. The topological polar surface area (TPSA) is 50.2 Å². The Bertz CT molecular complexity index is 1010. The quantitative estimate of drug-likeness (QED) is 0.576. The summed E-state index contributed by atoms with van der Waals surface area (Å²) in [4.78, 5) is 18.3. The van der Waals surface area contributed by atoms with Crippen LogP contribution in [0.15, 0.2) is 42.5 Å². The van der Waals surface area contributed by atoms with Gasteiger partial charge in [0.05, 0.1) is 33.7 Å². The standard InChI is InChI=1S/C19H18Cl2F2N4O/c1-11(18-25-15-5-3-4-6-16(15)27(18)19(22)23)26(2)10-17(28)24-12-7-8-13(20)14(21)9-12/h3-9,11,19H,10H2,1-2H3,(H,24,28). The number of halogens is 4. The molecule has 0 aliphatic carbocycles. The van der Waals surface area contributed by atoms with Gasteiger partial charge in [-0.3, -0.25) is 14.3 Å². The fourth-order valence-electron chi connectivity index (χ4n) is 2.90. The molecule has 1 atom stereocenters. The maximum Gasteiger partial charge on any atom is 0.320 e. The third-order valence-electron chi connectivity index (χ3n) is 4.45. The second kappa shape index (κ2) is 8.43. The predicted octanol–water partition coefficient (Wildman–Crippen LogP) is 5.37. The third-order valence-corrected chi connectivity index (χ3v) is 5.19. The molecule has 9 heteroatoms. The summed E-state index contributed by atoms with van der Waals surface area (Å²) in [6.45, 7) is -1.02. The average Bonchev–Trinajstić information content (AvgIpc) is 3.03. The highest BCUT2D eigenvalue weighted by atomic mass is 35.5. The van der Waals surface area contributed by atoms with Gasteiger partial charge in [-0.25, -0.2) is 4.98 Å². The highest BCUT2D eigenvalue weighted by molar-refractivity contribution is 6.42. The second-order valence-corrected chi connectivity index (χ2v) is 7.19. The minimum absolute atomic E-state index is 0.0200. The Kier molecular flexibility index (Phi) is 6.17. The van der Waals surface area contributed by atoms with Gasteiger partial charge < -0.3 is 5.32 Å². The van der Waals surface area contributed by atoms with E-state index in [9.17, 15) is 13.6 Å². The number of fused-ring (bicyclic) bond motifs is 1. The van der Waals surface area contributed by atoms with E-state index in [0.29, 0.717) is 26.8 Å². The molecule has 3 aromatic rings. The molecule has 0 aliphatic rings. The number of anilines is 1. The lowest BCUT2D eigenvalue weighted by atomic mass is 10.2. The molecule has 3 rings (SSSR count). The fourth-order valence-corrected chi connectivity index (χ4v) is 3.20. The highest BCUT2D eigenvalue weighted by Crippen LogP contribution is 2.29. The summed E-state index contributed by atoms with van der Waals surface area (Å²) in [6.07, 6.45) is 0. The fraction of sp³-hybridized carbons (Fsp3) is 0.263. The van der Waals surface area contributed by atoms with E-state index in [1.54, 1.807) is 61.3 Å². The number of benzene rings is 2. The smallest absolute Gasteiger partial charge is 0.320 e. The number of nitrogens with zero attached hydrogens (tertiary/aromatic N) is 3. The third kappa shape index (κ3) is 4.27. The summed E-state index contributed by atoms with van der Waals surface area (Å²) >= 11 is 11.8. The molecule has 1 N–H and O–H groups in total. The first-order chi connectivity index (χ1) is 13.3. The van der Waals surface area contributed by atoms with Gasteiger partial charge in [-0.2, -0.15) is 8.78 Å². The van der Waals surface area contributed by atoms with Crippen molar-refractivity contribution in [2.45, 2.75) is 19.5 Å². The van der Waals surface area contributed by atoms with Crippen LogP contribution in [0, 0.1) is 0 Å². The van der Waals surface area contributed by atoms with Gasteiger partial charge in [0.2, 0.25) is 5.91 Å². The van der Waals surface area contributed by atoms with Crippen LogP contribution in [0.25, 0.3) is 11.0 Å². The van der Waals surface area contributed by atoms with E-state index < -0.39 is 12.6 Å². The summed E-state index contributed by atoms with van der Waals surface area (Å²) in [5.41, 5.74) is 1.34. The Labute approximate surface area is 170 Å². The van der Waals surface area contributed by atoms with Gasteiger partial charge in [0, 0.05) is 5.69 Å². The van der Waals surface area contributed by atoms with Crippen LogP contribution in [0.2, 0.25) is 10.0 Å². The molecule has 0 fully saturated rings. The van der Waals surface area contributed by atoms with Crippen LogP contribution in [0.1, 0.15) is 25.3 Å². The van der Waals surface area contributed by atoms with E-state index in [4.69, 9.17) is 23.2 Å². The number of amides is 1. The summed E-state index contributed by atoms with van der Waals surface area (Å²) < 4.78 is 28.2. The van der Waals surface area contributed by atoms with E-state index in [-0.39, 0.29) is 18.3 Å². The van der Waals surface area contributed by atoms with Crippen LogP contribution in [-0.2, 0) is 4.79 Å². The molecule has 0 saturated heterocycles. The summed E-state index contributed by atoms with van der Waals surface area (Å²) in [7, 11) is 1.67. The van der Waals surface area contributed by atoms with Gasteiger partial charge in [0.15, 0.2) is 0 Å². The van der Waals surface area contributed by atoms with Crippen molar-refractivity contribution in [3.63, 3.8) is 0 Å². The minimum atomic E-state index is -2.73. The first-order valence-corrected chi connectivity index (χ1v) is 9.23. The van der Waals surface area contributed by atoms with Crippen molar-refractivity contribution in [2.24, 2.45) is 0 Å². The van der Waals surface area contributed by atoms with Gasteiger partial charge in [0.1, 0.15) is 5.82 Å². The molecule has 0 aliphatic heterocycles. The number of hydrogen-bond acceptors (Lipinski definition) is 3. The zero-order valence-corrected chi connectivity index (χ0v) is 16.7. The molecular weight excluding hydrogens is 409 g/mol. The zero-order valence-electron chi connectivity index (χ0n) is 15.2. The molecule has 1 amide bonds. The number of nitrogens with one attached hydrogen (secondary N) is 1. The Hall–Kier alpha value is -2.22. The van der Waals surface area contributed by atoms with Gasteiger partial charge in [-0.15, -0.1) is 0 Å². The number of likely N-dealkylation sites (N-methyl/N-ethyl adjacent to an activating group) is 1. The molecule has 0 bridgehead atoms. The number of aromatic nitrogens is 2. The van der Waals surface area contributed by atoms with Crippen molar-refractivity contribution in [3.05, 3.63) is 58.3 Å².